The number of hydrogen-bond acceptors (Lipinski definition) is 1. The minimum atomic E-state index is 0.587. The smallest absolute Gasteiger partial charge is 0.00932 e. The van der Waals surface area contributed by atoms with Crippen LogP contribution in [0.4, 0.5) is 0 Å². The van der Waals surface area contributed by atoms with E-state index < -0.39 is 0 Å². The summed E-state index contributed by atoms with van der Waals surface area (Å²) in [5, 5.41) is 3.95. The molecule has 1 nitrogen and oxygen atoms in total. The van der Waals surface area contributed by atoms with E-state index in [1.807, 2.05) is 0 Å². The highest BCUT2D eigenvalue weighted by Crippen LogP contribution is 2.49. The summed E-state index contributed by atoms with van der Waals surface area (Å²) in [5.41, 5.74) is 0.587. The largest absolute Gasteiger partial charge is 0.313 e. The molecule has 18 heavy (non-hydrogen) atoms. The average molecular weight is 249 g/mol. The lowest BCUT2D eigenvalue weighted by molar-refractivity contribution is 0.143. The molecule has 0 bridgehead atoms. The molecule has 0 aromatic heterocycles. The van der Waals surface area contributed by atoms with Crippen LogP contribution in [-0.4, -0.2) is 12.6 Å². The van der Waals surface area contributed by atoms with Crippen LogP contribution in [-0.2, 0) is 0 Å². The van der Waals surface area contributed by atoms with E-state index in [1.54, 1.807) is 0 Å². The van der Waals surface area contributed by atoms with Crippen LogP contribution in [0.15, 0.2) is 0 Å². The summed E-state index contributed by atoms with van der Waals surface area (Å²) in [6, 6.07) is 0.804. The van der Waals surface area contributed by atoms with Gasteiger partial charge in [0, 0.05) is 6.04 Å². The monoisotopic (exact) mass is 249 g/mol. The molecule has 0 aromatic carbocycles. The minimum absolute atomic E-state index is 0.587. The third-order valence-corrected chi connectivity index (χ3v) is 5.76. The average Bonchev–Trinajstić information content (AvgIpc) is 3.13. The van der Waals surface area contributed by atoms with Crippen molar-refractivity contribution >= 4 is 0 Å². The van der Waals surface area contributed by atoms with Crippen molar-refractivity contribution in [2.24, 2.45) is 29.1 Å². The fourth-order valence-electron chi connectivity index (χ4n) is 4.30. The molecule has 2 unspecified atom stereocenters. The van der Waals surface area contributed by atoms with E-state index in [4.69, 9.17) is 0 Å². The lowest BCUT2D eigenvalue weighted by Gasteiger charge is -2.40. The van der Waals surface area contributed by atoms with Crippen LogP contribution in [0.25, 0.3) is 0 Å². The summed E-state index contributed by atoms with van der Waals surface area (Å²) in [6.07, 6.45) is 10.3. The molecule has 104 valence electrons. The molecule has 1 heteroatoms. The van der Waals surface area contributed by atoms with Gasteiger partial charge >= 0.3 is 0 Å². The van der Waals surface area contributed by atoms with Crippen LogP contribution in [0.2, 0.25) is 0 Å². The number of hydrogen-bond donors (Lipinski definition) is 1. The molecule has 0 radical (unpaired) electrons. The van der Waals surface area contributed by atoms with Crippen LogP contribution in [0.5, 0.6) is 0 Å². The Bertz CT molecular complexity index is 276. The van der Waals surface area contributed by atoms with Gasteiger partial charge in [0.15, 0.2) is 0 Å². The van der Waals surface area contributed by atoms with E-state index in [-0.39, 0.29) is 0 Å². The lowest BCUT2D eigenvalue weighted by Crippen LogP contribution is -2.44. The third-order valence-electron chi connectivity index (χ3n) is 5.76. The predicted octanol–water partition coefficient (Wildman–Crippen LogP) is 4.23. The van der Waals surface area contributed by atoms with Crippen LogP contribution in [0.1, 0.15) is 65.7 Å². The highest BCUT2D eigenvalue weighted by molar-refractivity contribution is 4.94. The Morgan fingerprint density at radius 2 is 1.67 bits per heavy atom. The number of rotatable bonds is 5. The van der Waals surface area contributed by atoms with Gasteiger partial charge in [-0.05, 0) is 80.6 Å². The Hall–Kier alpha value is -0.0400. The Morgan fingerprint density at radius 3 is 2.17 bits per heavy atom. The van der Waals surface area contributed by atoms with Crippen molar-refractivity contribution < 1.29 is 0 Å². The molecule has 1 N–H and O–H groups in total. The minimum Gasteiger partial charge on any atom is -0.313 e. The van der Waals surface area contributed by atoms with Gasteiger partial charge in [-0.2, -0.15) is 0 Å². The second kappa shape index (κ2) is 4.81. The fraction of sp³-hybridized carbons (Fsp3) is 1.00. The van der Waals surface area contributed by atoms with Crippen molar-refractivity contribution in [2.45, 2.75) is 71.8 Å². The van der Waals surface area contributed by atoms with Gasteiger partial charge in [0.05, 0.1) is 0 Å². The highest BCUT2D eigenvalue weighted by Gasteiger charge is 2.41. The normalized spacial score (nSPS) is 36.0. The second-order valence-corrected chi connectivity index (χ2v) is 8.24. The first kappa shape index (κ1) is 13.0. The Balaban J connectivity index is 1.47. The highest BCUT2D eigenvalue weighted by atomic mass is 14.9. The molecule has 3 rings (SSSR count). The van der Waals surface area contributed by atoms with Crippen molar-refractivity contribution in [2.75, 3.05) is 6.54 Å². The molecule has 0 aliphatic heterocycles. The second-order valence-electron chi connectivity index (χ2n) is 8.24. The van der Waals surface area contributed by atoms with E-state index in [2.05, 4.69) is 26.1 Å². The van der Waals surface area contributed by atoms with Gasteiger partial charge < -0.3 is 5.32 Å². The van der Waals surface area contributed by atoms with Crippen molar-refractivity contribution in [1.29, 1.82) is 0 Å². The zero-order valence-electron chi connectivity index (χ0n) is 12.5. The standard InChI is InChI=1S/C17H31N/c1-12-10-17(2,3)9-8-16(12)18-11-15(13-4-5-13)14-6-7-14/h12-16,18H,4-11H2,1-3H3. The Morgan fingerprint density at radius 1 is 1.06 bits per heavy atom. The molecule has 3 aliphatic carbocycles. The summed E-state index contributed by atoms with van der Waals surface area (Å²) in [7, 11) is 0. The van der Waals surface area contributed by atoms with Crippen molar-refractivity contribution in [3.8, 4) is 0 Å². The first-order valence-corrected chi connectivity index (χ1v) is 8.28. The lowest BCUT2D eigenvalue weighted by atomic mass is 9.70. The molecule has 0 saturated heterocycles. The molecule has 0 spiro atoms. The molecule has 0 heterocycles. The first-order valence-electron chi connectivity index (χ1n) is 8.28. The zero-order valence-corrected chi connectivity index (χ0v) is 12.5. The SMILES string of the molecule is CC1CC(C)(C)CCC1NCC(C1CC1)C1CC1. The van der Waals surface area contributed by atoms with Crippen LogP contribution in [0, 0.1) is 29.1 Å². The quantitative estimate of drug-likeness (QED) is 0.769. The van der Waals surface area contributed by atoms with Crippen LogP contribution in [0.3, 0.4) is 0 Å². The van der Waals surface area contributed by atoms with Gasteiger partial charge in [-0.15, -0.1) is 0 Å². The fourth-order valence-corrected chi connectivity index (χ4v) is 4.30. The predicted molar refractivity (Wildman–Crippen MR) is 77.5 cm³/mol. The Kier molecular flexibility index (Phi) is 3.47. The summed E-state index contributed by atoms with van der Waals surface area (Å²) in [5.74, 6) is 4.10. The van der Waals surface area contributed by atoms with Gasteiger partial charge in [-0.3, -0.25) is 0 Å². The van der Waals surface area contributed by atoms with Gasteiger partial charge in [0.25, 0.3) is 0 Å². The van der Waals surface area contributed by atoms with Crippen molar-refractivity contribution in [1.82, 2.24) is 5.32 Å². The van der Waals surface area contributed by atoms with E-state index in [0.29, 0.717) is 5.41 Å². The van der Waals surface area contributed by atoms with Gasteiger partial charge in [-0.1, -0.05) is 20.8 Å². The first-order chi connectivity index (χ1) is 8.55. The molecular weight excluding hydrogens is 218 g/mol. The number of nitrogens with one attached hydrogen (secondary N) is 1. The summed E-state index contributed by atoms with van der Waals surface area (Å²) >= 11 is 0. The molecule has 3 aliphatic rings. The van der Waals surface area contributed by atoms with Gasteiger partial charge in [0.1, 0.15) is 0 Å². The molecule has 2 atom stereocenters. The third kappa shape index (κ3) is 3.10. The summed E-state index contributed by atoms with van der Waals surface area (Å²) in [6.45, 7) is 8.67. The van der Waals surface area contributed by atoms with Crippen LogP contribution < -0.4 is 5.32 Å². The maximum atomic E-state index is 3.95. The van der Waals surface area contributed by atoms with Crippen molar-refractivity contribution in [3.63, 3.8) is 0 Å². The van der Waals surface area contributed by atoms with E-state index in [1.165, 1.54) is 51.5 Å². The molecule has 0 amide bonds. The van der Waals surface area contributed by atoms with E-state index >= 15 is 0 Å². The zero-order chi connectivity index (χ0) is 12.8. The molecule has 0 aromatic rings. The maximum absolute atomic E-state index is 3.95. The van der Waals surface area contributed by atoms with E-state index in [0.717, 1.165) is 29.7 Å². The molecule has 3 saturated carbocycles. The Labute approximate surface area is 113 Å². The molecular formula is C17H31N. The molecule has 3 fully saturated rings. The summed E-state index contributed by atoms with van der Waals surface area (Å²) < 4.78 is 0. The maximum Gasteiger partial charge on any atom is 0.00932 e. The van der Waals surface area contributed by atoms with Gasteiger partial charge in [-0.25, -0.2) is 0 Å². The van der Waals surface area contributed by atoms with Gasteiger partial charge in [0.2, 0.25) is 0 Å². The topological polar surface area (TPSA) is 12.0 Å². The summed E-state index contributed by atoms with van der Waals surface area (Å²) in [4.78, 5) is 0. The van der Waals surface area contributed by atoms with Crippen LogP contribution >= 0.6 is 0 Å². The van der Waals surface area contributed by atoms with E-state index in [9.17, 15) is 0 Å². The van der Waals surface area contributed by atoms with Crippen molar-refractivity contribution in [3.05, 3.63) is 0 Å².